The van der Waals surface area contributed by atoms with E-state index in [-0.39, 0.29) is 25.2 Å². The van der Waals surface area contributed by atoms with Gasteiger partial charge in [0, 0.05) is 20.0 Å². The van der Waals surface area contributed by atoms with Crippen molar-refractivity contribution in [3.05, 3.63) is 0 Å². The summed E-state index contributed by atoms with van der Waals surface area (Å²) >= 11 is 0. The quantitative estimate of drug-likeness (QED) is 0.611. The second kappa shape index (κ2) is 7.74. The number of methoxy groups -OCH3 is 1. The van der Waals surface area contributed by atoms with E-state index in [1.165, 1.54) is 0 Å². The molecule has 0 bridgehead atoms. The topological polar surface area (TPSA) is 44.8 Å². The number of hydrogen-bond donors (Lipinski definition) is 0. The third-order valence-corrected chi connectivity index (χ3v) is 2.87. The molecule has 0 aliphatic heterocycles. The van der Waals surface area contributed by atoms with Crippen LogP contribution in [-0.4, -0.2) is 51.6 Å². The summed E-state index contributed by atoms with van der Waals surface area (Å²) < 4.78 is 29.3. The molecule has 1 fully saturated rings. The smallest absolute Gasteiger partial charge is 0.135 e. The normalized spacial score (nSPS) is 19.5. The fourth-order valence-corrected chi connectivity index (χ4v) is 1.74. The standard InChI is InChI=1S/C12H21FO4/c1-15-6-7-16-8-9-17-10-12(13)4-2-11(14)3-5-12/h2-10H2,1H3. The summed E-state index contributed by atoms with van der Waals surface area (Å²) in [6.07, 6.45) is 1.25. The SMILES string of the molecule is COCCOCCOCC1(F)CCC(=O)CC1. The number of ether oxygens (including phenoxy) is 3. The maximum Gasteiger partial charge on any atom is 0.135 e. The second-order valence-corrected chi connectivity index (χ2v) is 4.35. The summed E-state index contributed by atoms with van der Waals surface area (Å²) in [5.74, 6) is 0.154. The van der Waals surface area contributed by atoms with Gasteiger partial charge in [0.05, 0.1) is 33.0 Å². The van der Waals surface area contributed by atoms with Crippen molar-refractivity contribution >= 4 is 5.78 Å². The van der Waals surface area contributed by atoms with Gasteiger partial charge in [-0.25, -0.2) is 4.39 Å². The van der Waals surface area contributed by atoms with Gasteiger partial charge in [-0.05, 0) is 12.8 Å². The lowest BCUT2D eigenvalue weighted by Gasteiger charge is -2.28. The van der Waals surface area contributed by atoms with Gasteiger partial charge >= 0.3 is 0 Å². The predicted molar refractivity (Wildman–Crippen MR) is 60.8 cm³/mol. The summed E-state index contributed by atoms with van der Waals surface area (Å²) in [6, 6.07) is 0. The highest BCUT2D eigenvalue weighted by Crippen LogP contribution is 2.30. The zero-order valence-electron chi connectivity index (χ0n) is 10.4. The summed E-state index contributed by atoms with van der Waals surface area (Å²) in [7, 11) is 1.61. The van der Waals surface area contributed by atoms with Crippen LogP contribution >= 0.6 is 0 Å². The first-order valence-electron chi connectivity index (χ1n) is 6.01. The van der Waals surface area contributed by atoms with Crippen LogP contribution in [0.2, 0.25) is 0 Å². The Balaban J connectivity index is 2.00. The first-order chi connectivity index (χ1) is 8.16. The Morgan fingerprint density at radius 3 is 2.35 bits per heavy atom. The number of ketones is 1. The van der Waals surface area contributed by atoms with Gasteiger partial charge in [0.1, 0.15) is 11.5 Å². The zero-order valence-corrected chi connectivity index (χ0v) is 10.4. The number of alkyl halides is 1. The van der Waals surface area contributed by atoms with Crippen LogP contribution < -0.4 is 0 Å². The molecule has 1 aliphatic carbocycles. The summed E-state index contributed by atoms with van der Waals surface area (Å²) in [4.78, 5) is 11.0. The van der Waals surface area contributed by atoms with Crippen molar-refractivity contribution in [3.8, 4) is 0 Å². The number of hydrogen-bond acceptors (Lipinski definition) is 4. The van der Waals surface area contributed by atoms with Gasteiger partial charge in [-0.3, -0.25) is 4.79 Å². The van der Waals surface area contributed by atoms with Gasteiger partial charge < -0.3 is 14.2 Å². The highest BCUT2D eigenvalue weighted by molar-refractivity contribution is 5.79. The third kappa shape index (κ3) is 6.10. The molecule has 5 heteroatoms. The highest BCUT2D eigenvalue weighted by Gasteiger charge is 2.34. The van der Waals surface area contributed by atoms with Crippen molar-refractivity contribution in [3.63, 3.8) is 0 Å². The molecule has 1 aliphatic rings. The third-order valence-electron chi connectivity index (χ3n) is 2.87. The largest absolute Gasteiger partial charge is 0.382 e. The van der Waals surface area contributed by atoms with E-state index in [9.17, 15) is 9.18 Å². The fourth-order valence-electron chi connectivity index (χ4n) is 1.74. The average molecular weight is 248 g/mol. The number of carbonyl (C=O) groups excluding carboxylic acids is 1. The molecule has 0 N–H and O–H groups in total. The molecule has 0 aromatic heterocycles. The molecule has 0 aromatic rings. The van der Waals surface area contributed by atoms with E-state index in [2.05, 4.69) is 0 Å². The van der Waals surface area contributed by atoms with Crippen LogP contribution in [-0.2, 0) is 19.0 Å². The first kappa shape index (κ1) is 14.5. The monoisotopic (exact) mass is 248 g/mol. The number of halogens is 1. The number of Topliss-reactive ketones (excluding diaryl/α,β-unsaturated/α-hetero) is 1. The zero-order chi connectivity index (χ0) is 12.6. The minimum atomic E-state index is -1.32. The van der Waals surface area contributed by atoms with Crippen LogP contribution in [0.5, 0.6) is 0 Å². The minimum Gasteiger partial charge on any atom is -0.382 e. The van der Waals surface area contributed by atoms with Crippen LogP contribution in [0.1, 0.15) is 25.7 Å². The van der Waals surface area contributed by atoms with E-state index in [4.69, 9.17) is 14.2 Å². The Labute approximate surface area is 101 Å². The van der Waals surface area contributed by atoms with Crippen molar-refractivity contribution < 1.29 is 23.4 Å². The molecular formula is C12H21FO4. The molecular weight excluding hydrogens is 227 g/mol. The molecule has 0 heterocycles. The van der Waals surface area contributed by atoms with Crippen molar-refractivity contribution in [2.24, 2.45) is 0 Å². The Kier molecular flexibility index (Phi) is 6.62. The summed E-state index contributed by atoms with van der Waals surface area (Å²) in [6.45, 7) is 1.96. The van der Waals surface area contributed by atoms with E-state index in [1.807, 2.05) is 0 Å². The van der Waals surface area contributed by atoms with Crippen LogP contribution in [0.15, 0.2) is 0 Å². The Hall–Kier alpha value is -0.520. The summed E-state index contributed by atoms with van der Waals surface area (Å²) in [5.41, 5.74) is -1.32. The molecule has 0 amide bonds. The van der Waals surface area contributed by atoms with Gasteiger partial charge in [0.25, 0.3) is 0 Å². The van der Waals surface area contributed by atoms with Crippen molar-refractivity contribution in [1.82, 2.24) is 0 Å². The van der Waals surface area contributed by atoms with Gasteiger partial charge in [-0.15, -0.1) is 0 Å². The lowest BCUT2D eigenvalue weighted by atomic mass is 9.86. The molecule has 0 saturated heterocycles. The lowest BCUT2D eigenvalue weighted by Crippen LogP contribution is -2.35. The Bertz CT molecular complexity index is 223. The molecule has 0 radical (unpaired) electrons. The molecule has 1 saturated carbocycles. The molecule has 4 nitrogen and oxygen atoms in total. The first-order valence-corrected chi connectivity index (χ1v) is 6.01. The van der Waals surface area contributed by atoms with Gasteiger partial charge in [0.15, 0.2) is 0 Å². The maximum atomic E-state index is 14.0. The van der Waals surface area contributed by atoms with Crippen LogP contribution in [0.3, 0.4) is 0 Å². The van der Waals surface area contributed by atoms with E-state index < -0.39 is 5.67 Å². The predicted octanol–water partition coefficient (Wildman–Crippen LogP) is 1.52. The van der Waals surface area contributed by atoms with Crippen LogP contribution in [0.25, 0.3) is 0 Å². The molecule has 0 atom stereocenters. The Morgan fingerprint density at radius 1 is 1.12 bits per heavy atom. The summed E-state index contributed by atoms with van der Waals surface area (Å²) in [5, 5.41) is 0. The average Bonchev–Trinajstić information content (AvgIpc) is 2.32. The molecule has 0 spiro atoms. The second-order valence-electron chi connectivity index (χ2n) is 4.35. The van der Waals surface area contributed by atoms with E-state index >= 15 is 0 Å². The number of carbonyl (C=O) groups is 1. The molecule has 1 rings (SSSR count). The molecule has 0 unspecified atom stereocenters. The molecule has 17 heavy (non-hydrogen) atoms. The number of rotatable bonds is 8. The van der Waals surface area contributed by atoms with Crippen LogP contribution in [0.4, 0.5) is 4.39 Å². The van der Waals surface area contributed by atoms with Crippen molar-refractivity contribution in [2.75, 3.05) is 40.1 Å². The van der Waals surface area contributed by atoms with Crippen molar-refractivity contribution in [2.45, 2.75) is 31.4 Å². The van der Waals surface area contributed by atoms with E-state index in [0.29, 0.717) is 39.3 Å². The molecule has 0 aromatic carbocycles. The van der Waals surface area contributed by atoms with E-state index in [1.54, 1.807) is 7.11 Å². The van der Waals surface area contributed by atoms with Gasteiger partial charge in [-0.2, -0.15) is 0 Å². The minimum absolute atomic E-state index is 0.0634. The van der Waals surface area contributed by atoms with Crippen LogP contribution in [0, 0.1) is 0 Å². The molecule has 100 valence electrons. The fraction of sp³-hybridized carbons (Fsp3) is 0.917. The van der Waals surface area contributed by atoms with E-state index in [0.717, 1.165) is 0 Å². The maximum absolute atomic E-state index is 14.0. The Morgan fingerprint density at radius 2 is 1.71 bits per heavy atom. The van der Waals surface area contributed by atoms with Gasteiger partial charge in [0.2, 0.25) is 0 Å². The van der Waals surface area contributed by atoms with Gasteiger partial charge in [-0.1, -0.05) is 0 Å². The highest BCUT2D eigenvalue weighted by atomic mass is 19.1. The van der Waals surface area contributed by atoms with Crippen molar-refractivity contribution in [1.29, 1.82) is 0 Å². The lowest BCUT2D eigenvalue weighted by molar-refractivity contribution is -0.124.